The average Bonchev–Trinajstić information content (AvgIpc) is 2.08. The minimum absolute atomic E-state index is 0.0197. The predicted octanol–water partition coefficient (Wildman–Crippen LogP) is -0.826. The van der Waals surface area contributed by atoms with E-state index in [9.17, 15) is 9.90 Å². The summed E-state index contributed by atoms with van der Waals surface area (Å²) < 4.78 is 0. The van der Waals surface area contributed by atoms with Crippen molar-refractivity contribution in [2.45, 2.75) is 19.4 Å². The van der Waals surface area contributed by atoms with E-state index in [1.54, 1.807) is 4.90 Å². The van der Waals surface area contributed by atoms with Crippen LogP contribution in [0, 0.1) is 5.92 Å². The van der Waals surface area contributed by atoms with E-state index in [0.717, 1.165) is 0 Å². The van der Waals surface area contributed by atoms with E-state index in [1.807, 2.05) is 6.92 Å². The molecule has 1 amide bonds. The monoisotopic (exact) mass is 172 g/mol. The third-order valence-electron chi connectivity index (χ3n) is 2.39. The van der Waals surface area contributed by atoms with Crippen LogP contribution in [0.25, 0.3) is 0 Å². The van der Waals surface area contributed by atoms with Crippen LogP contribution in [0.5, 0.6) is 0 Å². The standard InChI is InChI=1S/C8H16N2O2/c1-6-5-10(8(12)4-9)3-2-7(6)11/h6-7,11H,2-5,9H2,1H3/t6-,7-/m0/s1. The van der Waals surface area contributed by atoms with Crippen molar-refractivity contribution in [3.8, 4) is 0 Å². The van der Waals surface area contributed by atoms with Crippen LogP contribution < -0.4 is 5.73 Å². The number of hydrogen-bond donors (Lipinski definition) is 2. The first-order chi connectivity index (χ1) is 5.65. The molecule has 1 aliphatic heterocycles. The van der Waals surface area contributed by atoms with Crippen molar-refractivity contribution >= 4 is 5.91 Å². The van der Waals surface area contributed by atoms with Gasteiger partial charge in [0.15, 0.2) is 0 Å². The molecule has 0 bridgehead atoms. The second kappa shape index (κ2) is 3.87. The van der Waals surface area contributed by atoms with Crippen molar-refractivity contribution in [1.29, 1.82) is 0 Å². The molecule has 4 nitrogen and oxygen atoms in total. The van der Waals surface area contributed by atoms with Crippen molar-refractivity contribution in [3.63, 3.8) is 0 Å². The lowest BCUT2D eigenvalue weighted by atomic mass is 9.97. The van der Waals surface area contributed by atoms with Crippen LogP contribution in [0.3, 0.4) is 0 Å². The SMILES string of the molecule is C[C@H]1CN(C(=O)CN)CC[C@@H]1O. The second-order valence-electron chi connectivity index (χ2n) is 3.38. The van der Waals surface area contributed by atoms with Crippen LogP contribution >= 0.6 is 0 Å². The number of amides is 1. The molecule has 4 heteroatoms. The Hall–Kier alpha value is -0.610. The summed E-state index contributed by atoms with van der Waals surface area (Å²) in [5, 5.41) is 9.38. The Bertz CT molecular complexity index is 172. The van der Waals surface area contributed by atoms with Gasteiger partial charge in [-0.2, -0.15) is 0 Å². The van der Waals surface area contributed by atoms with Crippen LogP contribution in [0.15, 0.2) is 0 Å². The zero-order chi connectivity index (χ0) is 9.14. The number of hydrogen-bond acceptors (Lipinski definition) is 3. The smallest absolute Gasteiger partial charge is 0.236 e. The van der Waals surface area contributed by atoms with Gasteiger partial charge >= 0.3 is 0 Å². The molecule has 0 unspecified atom stereocenters. The van der Waals surface area contributed by atoms with E-state index in [0.29, 0.717) is 19.5 Å². The summed E-state index contributed by atoms with van der Waals surface area (Å²) in [5.41, 5.74) is 5.23. The van der Waals surface area contributed by atoms with Crippen LogP contribution in [0.4, 0.5) is 0 Å². The Morgan fingerprint density at radius 3 is 2.92 bits per heavy atom. The third-order valence-corrected chi connectivity index (χ3v) is 2.39. The molecule has 1 saturated heterocycles. The quantitative estimate of drug-likeness (QED) is 0.543. The maximum atomic E-state index is 11.1. The van der Waals surface area contributed by atoms with Gasteiger partial charge in [-0.15, -0.1) is 0 Å². The summed E-state index contributed by atoms with van der Waals surface area (Å²) in [6.45, 7) is 3.29. The molecule has 0 aromatic carbocycles. The number of nitrogens with zero attached hydrogens (tertiary/aromatic N) is 1. The number of likely N-dealkylation sites (tertiary alicyclic amines) is 1. The zero-order valence-electron chi connectivity index (χ0n) is 7.36. The molecule has 2 atom stereocenters. The molecule has 0 spiro atoms. The maximum Gasteiger partial charge on any atom is 0.236 e. The molecule has 1 rings (SSSR count). The van der Waals surface area contributed by atoms with Gasteiger partial charge in [-0.3, -0.25) is 4.79 Å². The van der Waals surface area contributed by atoms with Gasteiger partial charge in [-0.25, -0.2) is 0 Å². The molecule has 0 aliphatic carbocycles. The van der Waals surface area contributed by atoms with Gasteiger partial charge in [0.25, 0.3) is 0 Å². The lowest BCUT2D eigenvalue weighted by Crippen LogP contribution is -2.47. The van der Waals surface area contributed by atoms with E-state index in [-0.39, 0.29) is 24.5 Å². The highest BCUT2D eigenvalue weighted by Gasteiger charge is 2.26. The Labute approximate surface area is 72.3 Å². The Balaban J connectivity index is 2.45. The maximum absolute atomic E-state index is 11.1. The number of aliphatic hydroxyl groups is 1. The highest BCUT2D eigenvalue weighted by molar-refractivity contribution is 5.78. The number of carbonyl (C=O) groups is 1. The molecule has 1 fully saturated rings. The molecule has 3 N–H and O–H groups in total. The fourth-order valence-electron chi connectivity index (χ4n) is 1.49. The van der Waals surface area contributed by atoms with Gasteiger partial charge in [0.1, 0.15) is 0 Å². The molecular weight excluding hydrogens is 156 g/mol. The molecule has 0 aromatic rings. The zero-order valence-corrected chi connectivity index (χ0v) is 7.36. The van der Waals surface area contributed by atoms with Crippen LogP contribution in [-0.2, 0) is 4.79 Å². The summed E-state index contributed by atoms with van der Waals surface area (Å²) in [7, 11) is 0. The fraction of sp³-hybridized carbons (Fsp3) is 0.875. The topological polar surface area (TPSA) is 66.6 Å². The van der Waals surface area contributed by atoms with Crippen molar-refractivity contribution < 1.29 is 9.90 Å². The first-order valence-corrected chi connectivity index (χ1v) is 4.31. The van der Waals surface area contributed by atoms with Gasteiger partial charge in [-0.1, -0.05) is 6.92 Å². The number of rotatable bonds is 1. The predicted molar refractivity (Wildman–Crippen MR) is 45.4 cm³/mol. The lowest BCUT2D eigenvalue weighted by Gasteiger charge is -2.34. The van der Waals surface area contributed by atoms with Gasteiger partial charge in [0, 0.05) is 13.1 Å². The Morgan fingerprint density at radius 1 is 1.75 bits per heavy atom. The number of carbonyl (C=O) groups excluding carboxylic acids is 1. The fourth-order valence-corrected chi connectivity index (χ4v) is 1.49. The Morgan fingerprint density at radius 2 is 2.42 bits per heavy atom. The van der Waals surface area contributed by atoms with Crippen LogP contribution in [-0.4, -0.2) is 41.7 Å². The summed E-state index contributed by atoms with van der Waals surface area (Å²) in [6.07, 6.45) is 0.416. The number of aliphatic hydroxyl groups excluding tert-OH is 1. The molecular formula is C8H16N2O2. The minimum atomic E-state index is -0.258. The van der Waals surface area contributed by atoms with Crippen molar-refractivity contribution in [3.05, 3.63) is 0 Å². The third kappa shape index (κ3) is 1.95. The molecule has 0 aromatic heterocycles. The summed E-state index contributed by atoms with van der Waals surface area (Å²) in [6, 6.07) is 0. The number of piperidine rings is 1. The lowest BCUT2D eigenvalue weighted by molar-refractivity contribution is -0.133. The second-order valence-corrected chi connectivity index (χ2v) is 3.38. The molecule has 12 heavy (non-hydrogen) atoms. The van der Waals surface area contributed by atoms with Crippen molar-refractivity contribution in [2.75, 3.05) is 19.6 Å². The summed E-state index contributed by atoms with van der Waals surface area (Å²) in [4.78, 5) is 12.9. The average molecular weight is 172 g/mol. The highest BCUT2D eigenvalue weighted by atomic mass is 16.3. The van der Waals surface area contributed by atoms with Crippen LogP contribution in [0.2, 0.25) is 0 Å². The van der Waals surface area contributed by atoms with Gasteiger partial charge in [-0.05, 0) is 12.3 Å². The molecule has 70 valence electrons. The summed E-state index contributed by atoms with van der Waals surface area (Å²) in [5.74, 6) is 0.156. The number of nitrogens with two attached hydrogens (primary N) is 1. The van der Waals surface area contributed by atoms with Gasteiger partial charge < -0.3 is 15.7 Å². The van der Waals surface area contributed by atoms with Crippen molar-refractivity contribution in [1.82, 2.24) is 4.90 Å². The van der Waals surface area contributed by atoms with Gasteiger partial charge in [0.05, 0.1) is 12.6 Å². The highest BCUT2D eigenvalue weighted by Crippen LogP contribution is 2.15. The largest absolute Gasteiger partial charge is 0.393 e. The normalized spacial score (nSPS) is 30.4. The molecule has 0 saturated carbocycles. The first-order valence-electron chi connectivity index (χ1n) is 4.31. The molecule has 1 aliphatic rings. The van der Waals surface area contributed by atoms with E-state index < -0.39 is 0 Å². The van der Waals surface area contributed by atoms with Crippen molar-refractivity contribution in [2.24, 2.45) is 11.7 Å². The molecule has 0 radical (unpaired) electrons. The Kier molecular flexibility index (Phi) is 3.05. The van der Waals surface area contributed by atoms with Gasteiger partial charge in [0.2, 0.25) is 5.91 Å². The summed E-state index contributed by atoms with van der Waals surface area (Å²) >= 11 is 0. The van der Waals surface area contributed by atoms with E-state index >= 15 is 0 Å². The van der Waals surface area contributed by atoms with E-state index in [4.69, 9.17) is 5.73 Å². The first kappa shape index (κ1) is 9.48. The van der Waals surface area contributed by atoms with Crippen LogP contribution in [0.1, 0.15) is 13.3 Å². The minimum Gasteiger partial charge on any atom is -0.393 e. The van der Waals surface area contributed by atoms with E-state index in [2.05, 4.69) is 0 Å². The molecule has 1 heterocycles. The van der Waals surface area contributed by atoms with E-state index in [1.165, 1.54) is 0 Å².